The van der Waals surface area contributed by atoms with Gasteiger partial charge in [-0.1, -0.05) is 0 Å². The van der Waals surface area contributed by atoms with Crippen molar-refractivity contribution in [2.45, 2.75) is 5.21 Å². The van der Waals surface area contributed by atoms with Crippen LogP contribution in [0.1, 0.15) is 5.56 Å². The van der Waals surface area contributed by atoms with Gasteiger partial charge < -0.3 is 0 Å². The van der Waals surface area contributed by atoms with Gasteiger partial charge in [0.05, 0.1) is 0 Å². The van der Waals surface area contributed by atoms with Gasteiger partial charge in [-0.15, -0.1) is 0 Å². The van der Waals surface area contributed by atoms with Crippen LogP contribution in [0.5, 0.6) is 0 Å². The maximum atomic E-state index is 4.36. The van der Waals surface area contributed by atoms with Gasteiger partial charge in [-0.25, -0.2) is 0 Å². The molecule has 2 heterocycles. The van der Waals surface area contributed by atoms with Crippen molar-refractivity contribution in [3.63, 3.8) is 0 Å². The third kappa shape index (κ3) is 2.22. The van der Waals surface area contributed by atoms with Gasteiger partial charge >= 0.3 is 105 Å². The summed E-state index contributed by atoms with van der Waals surface area (Å²) in [5.74, 6) is 0. The molecule has 84 valence electrons. The second kappa shape index (κ2) is 4.68. The SMILES string of the molecule is c1ccc(C[AsH]c2ncnc3[nH]cnc23)cc1. The van der Waals surface area contributed by atoms with Crippen molar-refractivity contribution in [3.8, 4) is 0 Å². The first-order valence-electron chi connectivity index (χ1n) is 5.35. The third-order valence-corrected chi connectivity index (χ3v) is 5.22. The average Bonchev–Trinajstić information content (AvgIpc) is 2.86. The zero-order chi connectivity index (χ0) is 11.5. The Kier molecular flexibility index (Phi) is 2.88. The molecule has 17 heavy (non-hydrogen) atoms. The minimum absolute atomic E-state index is 0.304. The molecule has 0 saturated carbocycles. The molecule has 0 radical (unpaired) electrons. The van der Waals surface area contributed by atoms with E-state index < -0.39 is 0 Å². The van der Waals surface area contributed by atoms with Gasteiger partial charge in [-0.3, -0.25) is 0 Å². The first kappa shape index (κ1) is 10.5. The van der Waals surface area contributed by atoms with E-state index >= 15 is 0 Å². The number of aromatic nitrogens is 4. The first-order valence-corrected chi connectivity index (χ1v) is 7.88. The number of nitrogens with one attached hydrogen (secondary N) is 1. The first-order chi connectivity index (χ1) is 8.43. The predicted octanol–water partition coefficient (Wildman–Crippen LogP) is 0.615. The molecule has 0 bridgehead atoms. The summed E-state index contributed by atoms with van der Waals surface area (Å²) >= 11 is -0.304. The molecule has 3 aromatic rings. The van der Waals surface area contributed by atoms with Crippen molar-refractivity contribution in [2.75, 3.05) is 0 Å². The molecule has 1 N–H and O–H groups in total. The molecule has 0 fully saturated rings. The summed E-state index contributed by atoms with van der Waals surface area (Å²) in [4.78, 5) is 15.8. The molecule has 5 heteroatoms. The zero-order valence-electron chi connectivity index (χ0n) is 9.09. The van der Waals surface area contributed by atoms with Gasteiger partial charge in [0.2, 0.25) is 0 Å². The molecule has 1 atom stereocenters. The normalized spacial score (nSPS) is 11.5. The Morgan fingerprint density at radius 3 is 2.82 bits per heavy atom. The minimum atomic E-state index is -0.304. The van der Waals surface area contributed by atoms with Gasteiger partial charge in [-0.2, -0.15) is 0 Å². The van der Waals surface area contributed by atoms with Gasteiger partial charge in [0.25, 0.3) is 0 Å². The monoisotopic (exact) mass is 286 g/mol. The fraction of sp³-hybridized carbons (Fsp3) is 0.0833. The molecule has 0 aliphatic rings. The number of imidazole rings is 1. The molecule has 0 spiro atoms. The predicted molar refractivity (Wildman–Crippen MR) is 68.6 cm³/mol. The van der Waals surface area contributed by atoms with Crippen molar-refractivity contribution in [1.82, 2.24) is 19.9 Å². The Morgan fingerprint density at radius 2 is 1.94 bits per heavy atom. The van der Waals surface area contributed by atoms with Crippen LogP contribution in [-0.2, 0) is 5.21 Å². The van der Waals surface area contributed by atoms with E-state index in [0.717, 1.165) is 20.9 Å². The summed E-state index contributed by atoms with van der Waals surface area (Å²) in [5.41, 5.74) is 3.14. The van der Waals surface area contributed by atoms with Crippen molar-refractivity contribution >= 4 is 31.4 Å². The molecule has 1 aromatic carbocycles. The number of aromatic amines is 1. The molecule has 0 saturated heterocycles. The van der Waals surface area contributed by atoms with E-state index in [4.69, 9.17) is 0 Å². The summed E-state index contributed by atoms with van der Waals surface area (Å²) in [5, 5.41) is 1.10. The van der Waals surface area contributed by atoms with Crippen LogP contribution in [0.25, 0.3) is 11.2 Å². The number of fused-ring (bicyclic) bond motifs is 1. The molecule has 0 aliphatic heterocycles. The molecule has 0 amide bonds. The van der Waals surface area contributed by atoms with E-state index in [1.54, 1.807) is 12.7 Å². The fourth-order valence-electron chi connectivity index (χ4n) is 1.68. The van der Waals surface area contributed by atoms with Crippen molar-refractivity contribution in [3.05, 3.63) is 48.5 Å². The summed E-state index contributed by atoms with van der Waals surface area (Å²) in [6, 6.07) is 10.5. The Balaban J connectivity index is 1.84. The summed E-state index contributed by atoms with van der Waals surface area (Å²) in [6.45, 7) is 0. The number of hydrogen-bond donors (Lipinski definition) is 1. The zero-order valence-corrected chi connectivity index (χ0v) is 11.2. The molecular weight excluding hydrogens is 275 g/mol. The average molecular weight is 286 g/mol. The molecular formula is C12H11AsN4. The number of nitrogens with zero attached hydrogens (tertiary/aromatic N) is 3. The Morgan fingerprint density at radius 1 is 1.06 bits per heavy atom. The van der Waals surface area contributed by atoms with E-state index in [1.165, 1.54) is 5.56 Å². The number of H-pyrrole nitrogens is 1. The van der Waals surface area contributed by atoms with Crippen molar-refractivity contribution in [2.24, 2.45) is 0 Å². The fourth-order valence-corrected chi connectivity index (χ4v) is 4.00. The van der Waals surface area contributed by atoms with E-state index in [0.29, 0.717) is 0 Å². The Labute approximate surface area is 105 Å². The van der Waals surface area contributed by atoms with E-state index in [9.17, 15) is 0 Å². The van der Waals surface area contributed by atoms with Gasteiger partial charge in [0.1, 0.15) is 0 Å². The summed E-state index contributed by atoms with van der Waals surface area (Å²) in [6.07, 6.45) is 3.29. The van der Waals surface area contributed by atoms with Crippen LogP contribution in [0.3, 0.4) is 0 Å². The Bertz CT molecular complexity index is 620. The Hall–Kier alpha value is -1.67. The van der Waals surface area contributed by atoms with Crippen LogP contribution in [-0.4, -0.2) is 35.7 Å². The van der Waals surface area contributed by atoms with Gasteiger partial charge in [0, 0.05) is 0 Å². The molecule has 3 rings (SSSR count). The van der Waals surface area contributed by atoms with Crippen molar-refractivity contribution < 1.29 is 0 Å². The summed E-state index contributed by atoms with van der Waals surface area (Å²) in [7, 11) is 0. The quantitative estimate of drug-likeness (QED) is 0.718. The number of hydrogen-bond acceptors (Lipinski definition) is 3. The van der Waals surface area contributed by atoms with Crippen LogP contribution in [0, 0.1) is 0 Å². The standard InChI is InChI=1S/C12H11AsN4/c1-2-4-9(5-3-1)6-13-11-10-12(16-7-14-10)17-8-15-11/h1-5,7-8,13H,6H2,(H,14,15,16,17). The maximum absolute atomic E-state index is 4.36. The van der Waals surface area contributed by atoms with E-state index in [1.807, 2.05) is 6.07 Å². The van der Waals surface area contributed by atoms with E-state index in [2.05, 4.69) is 44.2 Å². The van der Waals surface area contributed by atoms with Gasteiger partial charge in [0.15, 0.2) is 0 Å². The van der Waals surface area contributed by atoms with E-state index in [-0.39, 0.29) is 15.8 Å². The van der Waals surface area contributed by atoms with Crippen LogP contribution in [0.4, 0.5) is 0 Å². The van der Waals surface area contributed by atoms with Crippen LogP contribution in [0.2, 0.25) is 0 Å². The molecule has 2 aromatic heterocycles. The number of benzene rings is 1. The number of rotatable bonds is 3. The molecule has 1 unspecified atom stereocenters. The summed E-state index contributed by atoms with van der Waals surface area (Å²) < 4.78 is 1.13. The second-order valence-corrected chi connectivity index (χ2v) is 6.14. The third-order valence-electron chi connectivity index (χ3n) is 2.52. The second-order valence-electron chi connectivity index (χ2n) is 3.66. The van der Waals surface area contributed by atoms with Crippen LogP contribution < -0.4 is 4.48 Å². The van der Waals surface area contributed by atoms with Gasteiger partial charge in [-0.05, 0) is 0 Å². The molecule has 4 nitrogen and oxygen atoms in total. The molecule has 0 aliphatic carbocycles. The topological polar surface area (TPSA) is 54.5 Å². The van der Waals surface area contributed by atoms with Crippen molar-refractivity contribution in [1.29, 1.82) is 0 Å². The van der Waals surface area contributed by atoms with Crippen LogP contribution >= 0.6 is 0 Å². The van der Waals surface area contributed by atoms with Crippen LogP contribution in [0.15, 0.2) is 43.0 Å².